The Bertz CT molecular complexity index is 2170. The lowest BCUT2D eigenvalue weighted by molar-refractivity contribution is -0.231. The van der Waals surface area contributed by atoms with Crippen LogP contribution in [-0.4, -0.2) is 0 Å². The fourth-order valence-corrected chi connectivity index (χ4v) is 13.2. The van der Waals surface area contributed by atoms with Gasteiger partial charge in [0.15, 0.2) is 0 Å². The van der Waals surface area contributed by atoms with Crippen molar-refractivity contribution in [1.29, 1.82) is 0 Å². The molecule has 0 radical (unpaired) electrons. The van der Waals surface area contributed by atoms with Crippen molar-refractivity contribution < 1.29 is 0 Å². The third-order valence-electron chi connectivity index (χ3n) is 15.2. The van der Waals surface area contributed by atoms with Crippen LogP contribution in [0.5, 0.6) is 0 Å². The molecule has 0 heterocycles. The van der Waals surface area contributed by atoms with E-state index >= 15 is 0 Å². The molecule has 0 N–H and O–H groups in total. The number of hydrogen-bond acceptors (Lipinski definition) is 1. The zero-order valence-corrected chi connectivity index (χ0v) is 29.5. The largest absolute Gasteiger partial charge is 0.310 e. The van der Waals surface area contributed by atoms with Crippen molar-refractivity contribution in [2.45, 2.75) is 82.5 Å². The lowest BCUT2D eigenvalue weighted by atomic mass is 9.26. The summed E-state index contributed by atoms with van der Waals surface area (Å²) in [7, 11) is 0. The summed E-state index contributed by atoms with van der Waals surface area (Å²) in [4.78, 5) is 2.55. The summed E-state index contributed by atoms with van der Waals surface area (Å²) in [6, 6.07) is 44.7. The Morgan fingerprint density at radius 1 is 0.531 bits per heavy atom. The number of anilines is 3. The Morgan fingerprint density at radius 3 is 1.98 bits per heavy atom. The monoisotopic (exact) mass is 637 g/mol. The molecule has 5 aromatic carbocycles. The first kappa shape index (κ1) is 28.7. The molecule has 1 heteroatoms. The van der Waals surface area contributed by atoms with Crippen molar-refractivity contribution in [2.75, 3.05) is 4.90 Å². The predicted molar refractivity (Wildman–Crippen MR) is 203 cm³/mol. The maximum Gasteiger partial charge on any atom is 0.0474 e. The van der Waals surface area contributed by atoms with Gasteiger partial charge >= 0.3 is 0 Å². The van der Waals surface area contributed by atoms with Crippen molar-refractivity contribution in [3.63, 3.8) is 0 Å². The molecule has 6 unspecified atom stereocenters. The van der Waals surface area contributed by atoms with Crippen LogP contribution in [0.2, 0.25) is 0 Å². The number of benzene rings is 5. The first-order valence-electron chi connectivity index (χ1n) is 19.1. The van der Waals surface area contributed by atoms with E-state index in [0.29, 0.717) is 5.41 Å². The Balaban J connectivity index is 1.18. The van der Waals surface area contributed by atoms with Crippen molar-refractivity contribution in [1.82, 2.24) is 0 Å². The molecule has 5 aromatic rings. The van der Waals surface area contributed by atoms with Crippen molar-refractivity contribution in [2.24, 2.45) is 29.1 Å². The van der Waals surface area contributed by atoms with E-state index < -0.39 is 0 Å². The van der Waals surface area contributed by atoms with Crippen molar-refractivity contribution in [3.05, 3.63) is 138 Å². The van der Waals surface area contributed by atoms with E-state index in [4.69, 9.17) is 0 Å². The Hall–Kier alpha value is -4.10. The number of rotatable bonds is 4. The molecule has 6 aliphatic rings. The van der Waals surface area contributed by atoms with Crippen LogP contribution in [0, 0.1) is 29.1 Å². The van der Waals surface area contributed by atoms with Gasteiger partial charge in [-0.2, -0.15) is 0 Å². The van der Waals surface area contributed by atoms with Crippen molar-refractivity contribution >= 4 is 17.1 Å². The quantitative estimate of drug-likeness (QED) is 0.189. The van der Waals surface area contributed by atoms with Gasteiger partial charge in [-0.25, -0.2) is 0 Å². The first-order chi connectivity index (χ1) is 23.7. The maximum absolute atomic E-state index is 2.59. The molecule has 0 aliphatic heterocycles. The van der Waals surface area contributed by atoms with Crippen molar-refractivity contribution in [3.8, 4) is 22.3 Å². The third-order valence-corrected chi connectivity index (χ3v) is 15.2. The molecular formula is C48H47N. The van der Waals surface area contributed by atoms with Crippen LogP contribution in [0.15, 0.2) is 115 Å². The molecule has 244 valence electrons. The Labute approximate surface area is 292 Å². The van der Waals surface area contributed by atoms with Crippen LogP contribution in [0.4, 0.5) is 17.1 Å². The predicted octanol–water partition coefficient (Wildman–Crippen LogP) is 12.5. The van der Waals surface area contributed by atoms with E-state index in [1.165, 1.54) is 89.0 Å². The highest BCUT2D eigenvalue weighted by Gasteiger charge is 2.84. The van der Waals surface area contributed by atoms with Gasteiger partial charge in [0.25, 0.3) is 0 Å². The molecule has 49 heavy (non-hydrogen) atoms. The van der Waals surface area contributed by atoms with Crippen LogP contribution in [-0.2, 0) is 16.2 Å². The molecule has 6 aliphatic carbocycles. The van der Waals surface area contributed by atoms with E-state index in [0.717, 1.165) is 23.7 Å². The second-order valence-electron chi connectivity index (χ2n) is 18.1. The van der Waals surface area contributed by atoms with Gasteiger partial charge in [-0.05, 0) is 159 Å². The lowest BCUT2D eigenvalue weighted by Gasteiger charge is -2.76. The van der Waals surface area contributed by atoms with Gasteiger partial charge in [-0.1, -0.05) is 107 Å². The average Bonchev–Trinajstić information content (AvgIpc) is 3.75. The van der Waals surface area contributed by atoms with Gasteiger partial charge in [0.05, 0.1) is 0 Å². The lowest BCUT2D eigenvalue weighted by Crippen LogP contribution is -2.73. The van der Waals surface area contributed by atoms with E-state index in [1.54, 1.807) is 11.1 Å². The zero-order chi connectivity index (χ0) is 32.9. The highest BCUT2D eigenvalue weighted by molar-refractivity contribution is 5.95. The topological polar surface area (TPSA) is 3.24 Å². The molecule has 4 fully saturated rings. The fourth-order valence-electron chi connectivity index (χ4n) is 13.2. The minimum absolute atomic E-state index is 0.142. The summed E-state index contributed by atoms with van der Waals surface area (Å²) < 4.78 is 0. The smallest absolute Gasteiger partial charge is 0.0474 e. The second-order valence-corrected chi connectivity index (χ2v) is 18.1. The number of nitrogens with zero attached hydrogens (tertiary/aromatic N) is 1. The average molecular weight is 638 g/mol. The highest BCUT2D eigenvalue weighted by Crippen LogP contribution is 2.90. The summed E-state index contributed by atoms with van der Waals surface area (Å²) >= 11 is 0. The van der Waals surface area contributed by atoms with E-state index in [-0.39, 0.29) is 16.2 Å². The molecule has 2 bridgehead atoms. The minimum atomic E-state index is 0.142. The fraction of sp³-hybridized carbons (Fsp3) is 0.375. The summed E-state index contributed by atoms with van der Waals surface area (Å²) in [5, 5.41) is 0. The molecule has 2 spiro atoms. The van der Waals surface area contributed by atoms with Gasteiger partial charge < -0.3 is 4.90 Å². The third kappa shape index (κ3) is 3.43. The van der Waals surface area contributed by atoms with Gasteiger partial charge in [0, 0.05) is 22.5 Å². The molecule has 6 atom stereocenters. The Morgan fingerprint density at radius 2 is 1.20 bits per heavy atom. The van der Waals surface area contributed by atoms with Gasteiger partial charge in [-0.15, -0.1) is 0 Å². The summed E-state index contributed by atoms with van der Waals surface area (Å²) in [5.74, 6) is 3.50. The highest BCUT2D eigenvalue weighted by atomic mass is 15.1. The van der Waals surface area contributed by atoms with Crippen LogP contribution in [0.25, 0.3) is 22.3 Å². The first-order valence-corrected chi connectivity index (χ1v) is 19.1. The molecule has 1 nitrogen and oxygen atoms in total. The van der Waals surface area contributed by atoms with Crippen LogP contribution in [0.1, 0.15) is 88.5 Å². The van der Waals surface area contributed by atoms with Crippen LogP contribution < -0.4 is 4.90 Å². The summed E-state index contributed by atoms with van der Waals surface area (Å²) in [6.07, 6.45) is 8.29. The van der Waals surface area contributed by atoms with E-state index in [2.05, 4.69) is 148 Å². The van der Waals surface area contributed by atoms with E-state index in [9.17, 15) is 0 Å². The summed E-state index contributed by atoms with van der Waals surface area (Å²) in [5.41, 5.74) is 16.9. The Kier molecular flexibility index (Phi) is 5.49. The van der Waals surface area contributed by atoms with E-state index in [1.807, 2.05) is 0 Å². The molecule has 11 rings (SSSR count). The second kappa shape index (κ2) is 9.36. The molecular weight excluding hydrogens is 591 g/mol. The molecule has 0 saturated heterocycles. The van der Waals surface area contributed by atoms with Gasteiger partial charge in [0.2, 0.25) is 0 Å². The summed E-state index contributed by atoms with van der Waals surface area (Å²) in [6.45, 7) is 9.76. The normalized spacial score (nSPS) is 31.3. The SMILES string of the molecule is CC1(C)CCC(C)(C)c2cc(N(c3ccccc3)c3cc(-c4ccccc4)c4c(c3)-c3ccccc3C43C4CC5CC6CC3C64C5)ccc21. The zero-order valence-electron chi connectivity index (χ0n) is 29.5. The van der Waals surface area contributed by atoms with Gasteiger partial charge in [0.1, 0.15) is 0 Å². The number of hydrogen-bond donors (Lipinski definition) is 0. The molecule has 0 amide bonds. The van der Waals surface area contributed by atoms with Crippen LogP contribution in [0.3, 0.4) is 0 Å². The molecule has 0 aromatic heterocycles. The maximum atomic E-state index is 2.59. The standard InChI is InChI=1S/C48H47N/c1-45(2)21-22-46(3,4)41-28-34(19-20-40(41)45)49(33-15-9-6-10-16-33)35-26-37(31-13-7-5-8-14-31)44-38(27-35)36-17-11-12-18-39(36)48(44)42-24-30-23-32-25-43(48)47(32,42)29-30/h5-20,26-28,30,32,42-43H,21-25,29H2,1-4H3. The van der Waals surface area contributed by atoms with Gasteiger partial charge in [-0.3, -0.25) is 0 Å². The minimum Gasteiger partial charge on any atom is -0.310 e. The number of para-hydroxylation sites is 1. The molecule has 4 saturated carbocycles. The van der Waals surface area contributed by atoms with Crippen LogP contribution >= 0.6 is 0 Å². The number of fused-ring (bicyclic) bond motifs is 9.